The molecule has 8 heteroatoms. The molecule has 1 aromatic carbocycles. The molecule has 4 heterocycles. The molecule has 0 aliphatic carbocycles. The summed E-state index contributed by atoms with van der Waals surface area (Å²) in [4.78, 5) is 20.1. The van der Waals surface area contributed by atoms with Gasteiger partial charge >= 0.3 is 0 Å². The van der Waals surface area contributed by atoms with E-state index in [1.165, 1.54) is 5.56 Å². The van der Waals surface area contributed by atoms with Crippen molar-refractivity contribution in [1.29, 1.82) is 5.26 Å². The van der Waals surface area contributed by atoms with Crippen LogP contribution < -0.4 is 15.8 Å². The first-order chi connectivity index (χ1) is 14.7. The zero-order valence-corrected chi connectivity index (χ0v) is 16.7. The number of aromatic amines is 1. The zero-order valence-electron chi connectivity index (χ0n) is 16.7. The van der Waals surface area contributed by atoms with Crippen molar-refractivity contribution in [2.75, 3.05) is 42.9 Å². The molecule has 2 aliphatic heterocycles. The van der Waals surface area contributed by atoms with Gasteiger partial charge < -0.3 is 15.2 Å². The van der Waals surface area contributed by atoms with Crippen LogP contribution >= 0.6 is 0 Å². The van der Waals surface area contributed by atoms with Crippen LogP contribution in [0.15, 0.2) is 35.1 Å². The lowest BCUT2D eigenvalue weighted by atomic mass is 10.0. The van der Waals surface area contributed by atoms with Gasteiger partial charge in [-0.25, -0.2) is 0 Å². The van der Waals surface area contributed by atoms with Crippen molar-refractivity contribution in [3.8, 4) is 6.07 Å². The number of nitriles is 1. The van der Waals surface area contributed by atoms with E-state index < -0.39 is 0 Å². The number of piperazine rings is 1. The van der Waals surface area contributed by atoms with Crippen molar-refractivity contribution in [2.24, 2.45) is 0 Å². The monoisotopic (exact) mass is 401 g/mol. The number of hydrogen-bond donors (Lipinski definition) is 2. The molecule has 1 saturated heterocycles. The summed E-state index contributed by atoms with van der Waals surface area (Å²) in [5, 5.41) is 21.4. The number of aromatic nitrogens is 3. The lowest BCUT2D eigenvalue weighted by Gasteiger charge is -2.35. The predicted molar refractivity (Wildman–Crippen MR) is 116 cm³/mol. The molecule has 1 fully saturated rings. The number of pyridine rings is 1. The normalized spacial score (nSPS) is 16.7. The molecule has 0 amide bonds. The molecule has 0 spiro atoms. The van der Waals surface area contributed by atoms with E-state index in [0.717, 1.165) is 80.1 Å². The number of hydrogen-bond acceptors (Lipinski definition) is 7. The van der Waals surface area contributed by atoms with E-state index >= 15 is 0 Å². The summed E-state index contributed by atoms with van der Waals surface area (Å²) in [6, 6.07) is 12.0. The first kappa shape index (κ1) is 18.6. The molecule has 3 aromatic rings. The van der Waals surface area contributed by atoms with E-state index in [-0.39, 0.29) is 5.56 Å². The van der Waals surface area contributed by atoms with Gasteiger partial charge in [0.2, 0.25) is 0 Å². The first-order valence-corrected chi connectivity index (χ1v) is 10.3. The second kappa shape index (κ2) is 7.76. The Kier molecular flexibility index (Phi) is 4.81. The number of rotatable bonds is 3. The molecule has 2 aromatic heterocycles. The number of nitrogens with one attached hydrogen (secondary N) is 2. The average Bonchev–Trinajstić information content (AvgIpc) is 2.80. The van der Waals surface area contributed by atoms with Gasteiger partial charge in [-0.15, -0.1) is 10.2 Å². The van der Waals surface area contributed by atoms with Gasteiger partial charge in [0, 0.05) is 50.2 Å². The Morgan fingerprint density at radius 3 is 2.73 bits per heavy atom. The molecule has 0 bridgehead atoms. The van der Waals surface area contributed by atoms with Crippen LogP contribution in [-0.4, -0.2) is 52.8 Å². The maximum absolute atomic E-state index is 12.4. The largest absolute Gasteiger partial charge is 0.384 e. The molecule has 0 radical (unpaired) electrons. The smallest absolute Gasteiger partial charge is 0.253 e. The number of H-pyrrole nitrogens is 1. The third-order valence-corrected chi connectivity index (χ3v) is 5.95. The number of nitrogens with zero attached hydrogens (tertiary/aromatic N) is 5. The molecule has 8 nitrogen and oxygen atoms in total. The lowest BCUT2D eigenvalue weighted by molar-refractivity contribution is 0.249. The van der Waals surface area contributed by atoms with Crippen LogP contribution in [0.1, 0.15) is 23.2 Å². The summed E-state index contributed by atoms with van der Waals surface area (Å²) in [5.41, 5.74) is 4.34. The minimum Gasteiger partial charge on any atom is -0.384 e. The molecule has 152 valence electrons. The number of benzene rings is 1. The third-order valence-electron chi connectivity index (χ3n) is 5.95. The van der Waals surface area contributed by atoms with E-state index in [1.807, 2.05) is 12.1 Å². The summed E-state index contributed by atoms with van der Waals surface area (Å²) in [6.45, 7) is 5.32. The standard InChI is InChI=1S/C22H23N7O/c23-13-16-4-6-20(27-26-16)29-10-8-28(9-11-29)14-15-3-5-17-19(12-15)25-22(30)18-2-1-7-24-21(17)18/h3-6,12,24H,1-2,7-11,14H2,(H,25,30). The van der Waals surface area contributed by atoms with Crippen molar-refractivity contribution >= 4 is 22.4 Å². The van der Waals surface area contributed by atoms with Gasteiger partial charge in [-0.3, -0.25) is 9.69 Å². The SMILES string of the molecule is N#Cc1ccc(N2CCN(Cc3ccc4c5c(c(=O)[nH]c4c3)CCCN5)CC2)nn1. The summed E-state index contributed by atoms with van der Waals surface area (Å²) in [7, 11) is 0. The Balaban J connectivity index is 1.28. The highest BCUT2D eigenvalue weighted by atomic mass is 16.1. The van der Waals surface area contributed by atoms with Crippen molar-refractivity contribution in [3.05, 3.63) is 57.5 Å². The Morgan fingerprint density at radius 1 is 1.10 bits per heavy atom. The molecule has 0 unspecified atom stereocenters. The molecule has 0 atom stereocenters. The molecule has 2 aliphatic rings. The van der Waals surface area contributed by atoms with Crippen molar-refractivity contribution < 1.29 is 0 Å². The van der Waals surface area contributed by atoms with Crippen LogP contribution in [-0.2, 0) is 13.0 Å². The zero-order chi connectivity index (χ0) is 20.5. The summed E-state index contributed by atoms with van der Waals surface area (Å²) >= 11 is 0. The van der Waals surface area contributed by atoms with E-state index in [1.54, 1.807) is 6.07 Å². The van der Waals surface area contributed by atoms with Crippen LogP contribution in [0.2, 0.25) is 0 Å². The van der Waals surface area contributed by atoms with Crippen molar-refractivity contribution in [3.63, 3.8) is 0 Å². The maximum Gasteiger partial charge on any atom is 0.253 e. The van der Waals surface area contributed by atoms with Crippen LogP contribution in [0.4, 0.5) is 11.5 Å². The molecule has 5 rings (SSSR count). The fourth-order valence-electron chi connectivity index (χ4n) is 4.35. The minimum atomic E-state index is 0.0268. The molecular weight excluding hydrogens is 378 g/mol. The van der Waals surface area contributed by atoms with Crippen molar-refractivity contribution in [2.45, 2.75) is 19.4 Å². The topological polar surface area (TPSA) is 101 Å². The second-order valence-corrected chi connectivity index (χ2v) is 7.87. The summed E-state index contributed by atoms with van der Waals surface area (Å²) < 4.78 is 0. The molecule has 2 N–H and O–H groups in total. The van der Waals surface area contributed by atoms with Gasteiger partial charge in [0.25, 0.3) is 5.56 Å². The van der Waals surface area contributed by atoms with Gasteiger partial charge in [0.1, 0.15) is 6.07 Å². The average molecular weight is 401 g/mol. The fraction of sp³-hybridized carbons (Fsp3) is 0.364. The minimum absolute atomic E-state index is 0.0268. The molecule has 0 saturated carbocycles. The van der Waals surface area contributed by atoms with Crippen LogP contribution in [0, 0.1) is 11.3 Å². The van der Waals surface area contributed by atoms with Gasteiger partial charge in [-0.05, 0) is 36.6 Å². The second-order valence-electron chi connectivity index (χ2n) is 7.87. The summed E-state index contributed by atoms with van der Waals surface area (Å²) in [5.74, 6) is 0.814. The van der Waals surface area contributed by atoms with Crippen LogP contribution in [0.5, 0.6) is 0 Å². The van der Waals surface area contributed by atoms with E-state index in [9.17, 15) is 4.79 Å². The van der Waals surface area contributed by atoms with E-state index in [0.29, 0.717) is 5.69 Å². The van der Waals surface area contributed by atoms with Gasteiger partial charge in [-0.2, -0.15) is 5.26 Å². The summed E-state index contributed by atoms with van der Waals surface area (Å²) in [6.07, 6.45) is 1.84. The fourth-order valence-corrected chi connectivity index (χ4v) is 4.35. The first-order valence-electron chi connectivity index (χ1n) is 10.3. The number of anilines is 2. The van der Waals surface area contributed by atoms with E-state index in [2.05, 4.69) is 48.5 Å². The van der Waals surface area contributed by atoms with E-state index in [4.69, 9.17) is 5.26 Å². The maximum atomic E-state index is 12.4. The van der Waals surface area contributed by atoms with Gasteiger partial charge in [-0.1, -0.05) is 12.1 Å². The number of fused-ring (bicyclic) bond motifs is 3. The molecular formula is C22H23N7O. The van der Waals surface area contributed by atoms with Crippen LogP contribution in [0.25, 0.3) is 10.9 Å². The highest BCUT2D eigenvalue weighted by Gasteiger charge is 2.20. The highest BCUT2D eigenvalue weighted by Crippen LogP contribution is 2.28. The van der Waals surface area contributed by atoms with Crippen LogP contribution in [0.3, 0.4) is 0 Å². The Hall–Kier alpha value is -3.44. The van der Waals surface area contributed by atoms with Gasteiger partial charge in [0.05, 0.1) is 11.2 Å². The Bertz CT molecular complexity index is 1170. The molecule has 30 heavy (non-hydrogen) atoms. The van der Waals surface area contributed by atoms with Gasteiger partial charge in [0.15, 0.2) is 11.5 Å². The third kappa shape index (κ3) is 3.48. The highest BCUT2D eigenvalue weighted by molar-refractivity contribution is 5.93. The Morgan fingerprint density at radius 2 is 1.97 bits per heavy atom. The lowest BCUT2D eigenvalue weighted by Crippen LogP contribution is -2.46. The predicted octanol–water partition coefficient (Wildman–Crippen LogP) is 1.87. The van der Waals surface area contributed by atoms with Crippen molar-refractivity contribution in [1.82, 2.24) is 20.1 Å². The quantitative estimate of drug-likeness (QED) is 0.691. The Labute approximate surface area is 174 Å².